The largest absolute Gasteiger partial charge is 0.497 e. The molecular weight excluding hydrogens is 394 g/mol. The lowest BCUT2D eigenvalue weighted by atomic mass is 10.1. The smallest absolute Gasteiger partial charge is 0.313 e. The normalized spacial score (nSPS) is 11.2. The standard InChI is InChI=1S/C20H25N3O5S/c1-14(2)23-29(26,27)18-9-7-15(8-10-18)11-12-21-19(24)20(25)22-16-5-4-6-17(13-16)28-3/h4-10,13-14,23H,11-12H2,1-3H3,(H,21,24)(H,22,25). The molecule has 29 heavy (non-hydrogen) atoms. The van der Waals surface area contributed by atoms with E-state index in [9.17, 15) is 18.0 Å². The van der Waals surface area contributed by atoms with Crippen LogP contribution in [0.15, 0.2) is 53.4 Å². The summed E-state index contributed by atoms with van der Waals surface area (Å²) in [5.41, 5.74) is 1.29. The van der Waals surface area contributed by atoms with E-state index in [-0.39, 0.29) is 17.5 Å². The molecule has 0 radical (unpaired) electrons. The molecule has 8 nitrogen and oxygen atoms in total. The first-order chi connectivity index (χ1) is 13.7. The number of amides is 2. The van der Waals surface area contributed by atoms with Crippen LogP contribution < -0.4 is 20.1 Å². The first-order valence-electron chi connectivity index (χ1n) is 9.06. The van der Waals surface area contributed by atoms with Crippen LogP contribution in [0.5, 0.6) is 5.75 Å². The summed E-state index contributed by atoms with van der Waals surface area (Å²) in [5.74, 6) is -0.968. The third-order valence-electron chi connectivity index (χ3n) is 3.86. The Kier molecular flexibility index (Phi) is 7.74. The van der Waals surface area contributed by atoms with Gasteiger partial charge in [-0.15, -0.1) is 0 Å². The first-order valence-corrected chi connectivity index (χ1v) is 10.5. The molecule has 0 aromatic heterocycles. The molecule has 0 fully saturated rings. The Hall–Kier alpha value is -2.91. The number of hydrogen-bond donors (Lipinski definition) is 3. The zero-order chi connectivity index (χ0) is 21.4. The van der Waals surface area contributed by atoms with E-state index >= 15 is 0 Å². The van der Waals surface area contributed by atoms with Gasteiger partial charge in [-0.3, -0.25) is 9.59 Å². The second-order valence-electron chi connectivity index (χ2n) is 6.61. The maximum atomic E-state index is 12.1. The number of carbonyl (C=O) groups excluding carboxylic acids is 2. The van der Waals surface area contributed by atoms with E-state index in [4.69, 9.17) is 4.74 Å². The Balaban J connectivity index is 1.84. The van der Waals surface area contributed by atoms with Crippen LogP contribution in [0.3, 0.4) is 0 Å². The minimum Gasteiger partial charge on any atom is -0.497 e. The average molecular weight is 420 g/mol. The topological polar surface area (TPSA) is 114 Å². The van der Waals surface area contributed by atoms with Crippen LogP contribution in [0.1, 0.15) is 19.4 Å². The van der Waals surface area contributed by atoms with Crippen molar-refractivity contribution in [3.05, 3.63) is 54.1 Å². The van der Waals surface area contributed by atoms with Crippen molar-refractivity contribution in [2.75, 3.05) is 19.0 Å². The molecule has 0 saturated carbocycles. The maximum absolute atomic E-state index is 12.1. The molecule has 0 spiro atoms. The van der Waals surface area contributed by atoms with E-state index < -0.39 is 21.8 Å². The Bertz CT molecular complexity index is 956. The molecule has 0 aliphatic rings. The monoisotopic (exact) mass is 419 g/mol. The van der Waals surface area contributed by atoms with Gasteiger partial charge in [-0.05, 0) is 50.1 Å². The SMILES string of the molecule is COc1cccc(NC(=O)C(=O)NCCc2ccc(S(=O)(=O)NC(C)C)cc2)c1. The summed E-state index contributed by atoms with van der Waals surface area (Å²) >= 11 is 0. The van der Waals surface area contributed by atoms with Gasteiger partial charge in [-0.2, -0.15) is 0 Å². The fraction of sp³-hybridized carbons (Fsp3) is 0.300. The van der Waals surface area contributed by atoms with Crippen LogP contribution in [0.25, 0.3) is 0 Å². The van der Waals surface area contributed by atoms with Crippen molar-refractivity contribution in [1.82, 2.24) is 10.0 Å². The molecule has 3 N–H and O–H groups in total. The molecule has 2 aromatic rings. The minimum absolute atomic E-state index is 0.177. The van der Waals surface area contributed by atoms with Crippen molar-refractivity contribution in [2.24, 2.45) is 0 Å². The highest BCUT2D eigenvalue weighted by Gasteiger charge is 2.15. The Morgan fingerprint density at radius 2 is 1.72 bits per heavy atom. The number of carbonyl (C=O) groups is 2. The highest BCUT2D eigenvalue weighted by atomic mass is 32.2. The van der Waals surface area contributed by atoms with Gasteiger partial charge in [0, 0.05) is 24.3 Å². The fourth-order valence-corrected chi connectivity index (χ4v) is 3.75. The predicted octanol–water partition coefficient (Wildman–Crippen LogP) is 1.68. The van der Waals surface area contributed by atoms with Gasteiger partial charge in [-0.25, -0.2) is 13.1 Å². The quantitative estimate of drug-likeness (QED) is 0.564. The lowest BCUT2D eigenvalue weighted by molar-refractivity contribution is -0.136. The summed E-state index contributed by atoms with van der Waals surface area (Å²) in [6, 6.07) is 12.9. The zero-order valence-corrected chi connectivity index (χ0v) is 17.4. The zero-order valence-electron chi connectivity index (χ0n) is 16.6. The number of hydrogen-bond acceptors (Lipinski definition) is 5. The molecule has 0 saturated heterocycles. The summed E-state index contributed by atoms with van der Waals surface area (Å²) in [6.45, 7) is 3.73. The van der Waals surface area contributed by atoms with Crippen LogP contribution >= 0.6 is 0 Å². The number of nitrogens with one attached hydrogen (secondary N) is 3. The third-order valence-corrected chi connectivity index (χ3v) is 5.53. The molecule has 9 heteroatoms. The average Bonchev–Trinajstić information content (AvgIpc) is 2.67. The molecule has 2 amide bonds. The Morgan fingerprint density at radius 3 is 2.34 bits per heavy atom. The minimum atomic E-state index is -3.54. The summed E-state index contributed by atoms with van der Waals surface area (Å²) in [4.78, 5) is 24.1. The fourth-order valence-electron chi connectivity index (χ4n) is 2.50. The van der Waals surface area contributed by atoms with Crippen molar-refractivity contribution in [3.63, 3.8) is 0 Å². The number of benzene rings is 2. The van der Waals surface area contributed by atoms with E-state index in [1.807, 2.05) is 0 Å². The van der Waals surface area contributed by atoms with Crippen molar-refractivity contribution in [2.45, 2.75) is 31.2 Å². The van der Waals surface area contributed by atoms with Crippen LogP contribution in [0, 0.1) is 0 Å². The summed E-state index contributed by atoms with van der Waals surface area (Å²) in [6.07, 6.45) is 0.454. The van der Waals surface area contributed by atoms with E-state index in [0.717, 1.165) is 5.56 Å². The predicted molar refractivity (Wildman–Crippen MR) is 110 cm³/mol. The van der Waals surface area contributed by atoms with Crippen LogP contribution in [-0.2, 0) is 26.0 Å². The van der Waals surface area contributed by atoms with Gasteiger partial charge in [0.25, 0.3) is 0 Å². The first kappa shape index (κ1) is 22.4. The van der Waals surface area contributed by atoms with E-state index in [2.05, 4.69) is 15.4 Å². The highest BCUT2D eigenvalue weighted by Crippen LogP contribution is 2.16. The lowest BCUT2D eigenvalue weighted by Gasteiger charge is -2.10. The molecule has 0 heterocycles. The third kappa shape index (κ3) is 6.88. The maximum Gasteiger partial charge on any atom is 0.313 e. The van der Waals surface area contributed by atoms with Crippen LogP contribution in [0.2, 0.25) is 0 Å². The van der Waals surface area contributed by atoms with Gasteiger partial charge < -0.3 is 15.4 Å². The molecule has 156 valence electrons. The van der Waals surface area contributed by atoms with Crippen molar-refractivity contribution < 1.29 is 22.7 Å². The number of anilines is 1. The second-order valence-corrected chi connectivity index (χ2v) is 8.33. The Morgan fingerprint density at radius 1 is 1.03 bits per heavy atom. The number of rotatable bonds is 8. The van der Waals surface area contributed by atoms with E-state index in [0.29, 0.717) is 17.9 Å². The van der Waals surface area contributed by atoms with Crippen LogP contribution in [0.4, 0.5) is 5.69 Å². The van der Waals surface area contributed by atoms with Gasteiger partial charge in [0.2, 0.25) is 10.0 Å². The molecular formula is C20H25N3O5S. The summed E-state index contributed by atoms with van der Waals surface area (Å²) in [5, 5.41) is 5.04. The van der Waals surface area contributed by atoms with Gasteiger partial charge in [0.05, 0.1) is 12.0 Å². The molecule has 0 unspecified atom stereocenters. The van der Waals surface area contributed by atoms with Gasteiger partial charge in [0.15, 0.2) is 0 Å². The van der Waals surface area contributed by atoms with Crippen molar-refractivity contribution >= 4 is 27.5 Å². The summed E-state index contributed by atoms with van der Waals surface area (Å²) < 4.78 is 31.8. The van der Waals surface area contributed by atoms with Gasteiger partial charge in [-0.1, -0.05) is 18.2 Å². The molecule has 0 bridgehead atoms. The van der Waals surface area contributed by atoms with E-state index in [1.54, 1.807) is 50.2 Å². The summed E-state index contributed by atoms with van der Waals surface area (Å²) in [7, 11) is -2.03. The van der Waals surface area contributed by atoms with Crippen molar-refractivity contribution in [1.29, 1.82) is 0 Å². The highest BCUT2D eigenvalue weighted by molar-refractivity contribution is 7.89. The van der Waals surface area contributed by atoms with Crippen LogP contribution in [-0.4, -0.2) is 39.9 Å². The lowest BCUT2D eigenvalue weighted by Crippen LogP contribution is -2.36. The number of methoxy groups -OCH3 is 1. The second kappa shape index (κ2) is 10.0. The number of ether oxygens (including phenoxy) is 1. The molecule has 0 aliphatic heterocycles. The van der Waals surface area contributed by atoms with Crippen molar-refractivity contribution in [3.8, 4) is 5.75 Å². The van der Waals surface area contributed by atoms with Gasteiger partial charge in [0.1, 0.15) is 5.75 Å². The Labute approximate surface area is 170 Å². The van der Waals surface area contributed by atoms with Gasteiger partial charge >= 0.3 is 11.8 Å². The molecule has 2 rings (SSSR count). The molecule has 0 aliphatic carbocycles. The molecule has 2 aromatic carbocycles. The molecule has 0 atom stereocenters. The number of sulfonamides is 1. The van der Waals surface area contributed by atoms with E-state index in [1.165, 1.54) is 19.2 Å².